The molecule has 1 heterocycles. The fourth-order valence-corrected chi connectivity index (χ4v) is 2.95. The lowest BCUT2D eigenvalue weighted by molar-refractivity contribution is 0.674. The summed E-state index contributed by atoms with van der Waals surface area (Å²) >= 11 is 9.16. The number of hydrogen-bond acceptors (Lipinski definition) is 5. The van der Waals surface area contributed by atoms with E-state index in [0.29, 0.717) is 16.8 Å². The lowest BCUT2D eigenvalue weighted by Crippen LogP contribution is -2.26. The van der Waals surface area contributed by atoms with Crippen LogP contribution in [0.15, 0.2) is 4.47 Å². The van der Waals surface area contributed by atoms with Crippen LogP contribution in [-0.2, 0) is 10.8 Å². The van der Waals surface area contributed by atoms with E-state index in [1.807, 2.05) is 0 Å². The Morgan fingerprint density at radius 3 is 2.76 bits per heavy atom. The van der Waals surface area contributed by atoms with Crippen molar-refractivity contribution in [1.82, 2.24) is 9.97 Å². The highest BCUT2D eigenvalue weighted by Gasteiger charge is 2.46. The van der Waals surface area contributed by atoms with Crippen molar-refractivity contribution in [2.45, 2.75) is 17.6 Å². The van der Waals surface area contributed by atoms with E-state index in [1.165, 1.54) is 0 Å². The van der Waals surface area contributed by atoms with E-state index in [4.69, 9.17) is 17.3 Å². The molecule has 0 bridgehead atoms. The Hall–Kier alpha value is -0.400. The van der Waals surface area contributed by atoms with Gasteiger partial charge < -0.3 is 11.1 Å². The summed E-state index contributed by atoms with van der Waals surface area (Å²) in [6.07, 6.45) is 3.66. The minimum Gasteiger partial charge on any atom is -0.368 e. The van der Waals surface area contributed by atoms with Crippen LogP contribution in [0, 0.1) is 0 Å². The molecule has 0 amide bonds. The molecule has 1 fully saturated rings. The fourth-order valence-electron chi connectivity index (χ4n) is 1.50. The van der Waals surface area contributed by atoms with Gasteiger partial charge in [0.15, 0.2) is 5.15 Å². The van der Waals surface area contributed by atoms with Crippen LogP contribution in [-0.4, -0.2) is 31.7 Å². The molecule has 0 radical (unpaired) electrons. The van der Waals surface area contributed by atoms with Crippen LogP contribution >= 0.6 is 27.5 Å². The standard InChI is InChI=1S/C9H12BrClN4OS/c1-17(16)9(2-3-9)4-13-7-5(10)6(11)14-8(12)15-7/h2-4H2,1H3,(H3,12,13,14,15). The second-order valence-electron chi connectivity index (χ2n) is 4.03. The molecule has 1 atom stereocenters. The zero-order valence-corrected chi connectivity index (χ0v) is 12.3. The summed E-state index contributed by atoms with van der Waals surface area (Å²) < 4.78 is 12.0. The summed E-state index contributed by atoms with van der Waals surface area (Å²) in [7, 11) is -0.841. The molecule has 8 heteroatoms. The maximum atomic E-state index is 11.5. The highest BCUT2D eigenvalue weighted by molar-refractivity contribution is 9.10. The number of anilines is 2. The van der Waals surface area contributed by atoms with Crippen molar-refractivity contribution >= 4 is 50.1 Å². The summed E-state index contributed by atoms with van der Waals surface area (Å²) in [6, 6.07) is 0. The SMILES string of the molecule is CS(=O)C1(CNc2nc(N)nc(Cl)c2Br)CC1. The maximum Gasteiger partial charge on any atom is 0.223 e. The molecule has 1 saturated carbocycles. The first kappa shape index (κ1) is 13.0. The predicted molar refractivity (Wildman–Crippen MR) is 73.7 cm³/mol. The number of aromatic nitrogens is 2. The van der Waals surface area contributed by atoms with E-state index in [0.717, 1.165) is 12.8 Å². The number of nitrogens with one attached hydrogen (secondary N) is 1. The van der Waals surface area contributed by atoms with Gasteiger partial charge in [0, 0.05) is 23.6 Å². The monoisotopic (exact) mass is 338 g/mol. The smallest absolute Gasteiger partial charge is 0.223 e. The number of nitrogens with zero attached hydrogens (tertiary/aromatic N) is 2. The summed E-state index contributed by atoms with van der Waals surface area (Å²) in [4.78, 5) is 7.86. The van der Waals surface area contributed by atoms with Gasteiger partial charge in [0.1, 0.15) is 5.82 Å². The Bertz CT molecular complexity index is 480. The number of nitrogens with two attached hydrogens (primary N) is 1. The van der Waals surface area contributed by atoms with Gasteiger partial charge in [-0.25, -0.2) is 0 Å². The van der Waals surface area contributed by atoms with Gasteiger partial charge in [-0.1, -0.05) is 11.6 Å². The normalized spacial score (nSPS) is 18.8. The van der Waals surface area contributed by atoms with Crippen molar-refractivity contribution in [2.75, 3.05) is 23.9 Å². The second kappa shape index (κ2) is 4.70. The Labute approximate surface area is 115 Å². The molecule has 1 aromatic rings. The average Bonchev–Trinajstić information content (AvgIpc) is 3.02. The Morgan fingerprint density at radius 1 is 1.59 bits per heavy atom. The van der Waals surface area contributed by atoms with Crippen LogP contribution in [0.25, 0.3) is 0 Å². The quantitative estimate of drug-likeness (QED) is 0.818. The van der Waals surface area contributed by atoms with Gasteiger partial charge in [-0.2, -0.15) is 9.97 Å². The van der Waals surface area contributed by atoms with Crippen LogP contribution in [0.5, 0.6) is 0 Å². The highest BCUT2D eigenvalue weighted by atomic mass is 79.9. The van der Waals surface area contributed by atoms with E-state index in [2.05, 4.69) is 31.2 Å². The molecule has 0 aromatic carbocycles. The Morgan fingerprint density at radius 2 is 2.24 bits per heavy atom. The van der Waals surface area contributed by atoms with E-state index in [9.17, 15) is 4.21 Å². The first-order valence-corrected chi connectivity index (χ1v) is 7.73. The number of halogens is 2. The Kier molecular flexibility index (Phi) is 3.61. The number of rotatable bonds is 4. The second-order valence-corrected chi connectivity index (χ2v) is 6.95. The van der Waals surface area contributed by atoms with E-state index in [1.54, 1.807) is 6.26 Å². The van der Waals surface area contributed by atoms with Crippen molar-refractivity contribution in [3.8, 4) is 0 Å². The van der Waals surface area contributed by atoms with Crippen LogP contribution in [0.4, 0.5) is 11.8 Å². The molecule has 1 aromatic heterocycles. The summed E-state index contributed by atoms with van der Waals surface area (Å²) in [5.74, 6) is 0.655. The van der Waals surface area contributed by atoms with Crippen molar-refractivity contribution in [1.29, 1.82) is 0 Å². The molecule has 5 nitrogen and oxygen atoms in total. The van der Waals surface area contributed by atoms with Gasteiger partial charge in [-0.05, 0) is 28.8 Å². The van der Waals surface area contributed by atoms with Crippen LogP contribution in [0.3, 0.4) is 0 Å². The summed E-state index contributed by atoms with van der Waals surface area (Å²) in [6.45, 7) is 0.599. The van der Waals surface area contributed by atoms with Gasteiger partial charge >= 0.3 is 0 Å². The first-order chi connectivity index (χ1) is 7.94. The largest absolute Gasteiger partial charge is 0.368 e. The van der Waals surface area contributed by atoms with Crippen molar-refractivity contribution < 1.29 is 4.21 Å². The van der Waals surface area contributed by atoms with Crippen molar-refractivity contribution in [3.05, 3.63) is 9.63 Å². The minimum absolute atomic E-state index is 0.114. The third-order valence-corrected chi connectivity index (χ3v) is 5.85. The highest BCUT2D eigenvalue weighted by Crippen LogP contribution is 2.41. The molecule has 1 unspecified atom stereocenters. The molecular formula is C9H12BrClN4OS. The van der Waals surface area contributed by atoms with Crippen LogP contribution in [0.2, 0.25) is 5.15 Å². The molecule has 1 aliphatic rings. The Balaban J connectivity index is 2.12. The van der Waals surface area contributed by atoms with Crippen LogP contribution in [0.1, 0.15) is 12.8 Å². The van der Waals surface area contributed by atoms with Gasteiger partial charge in [0.2, 0.25) is 5.95 Å². The molecule has 2 rings (SSSR count). The molecule has 17 heavy (non-hydrogen) atoms. The van der Waals surface area contributed by atoms with E-state index >= 15 is 0 Å². The van der Waals surface area contributed by atoms with E-state index in [-0.39, 0.29) is 15.8 Å². The van der Waals surface area contributed by atoms with Crippen molar-refractivity contribution in [3.63, 3.8) is 0 Å². The third kappa shape index (κ3) is 2.71. The van der Waals surface area contributed by atoms with Gasteiger partial charge in [0.05, 0.1) is 9.22 Å². The molecule has 1 aliphatic carbocycles. The van der Waals surface area contributed by atoms with Gasteiger partial charge in [0.25, 0.3) is 0 Å². The summed E-state index contributed by atoms with van der Waals surface area (Å²) in [5.41, 5.74) is 5.52. The van der Waals surface area contributed by atoms with Crippen molar-refractivity contribution in [2.24, 2.45) is 0 Å². The fraction of sp³-hybridized carbons (Fsp3) is 0.556. The third-order valence-electron chi connectivity index (χ3n) is 2.82. The lowest BCUT2D eigenvalue weighted by Gasteiger charge is -2.14. The summed E-state index contributed by atoms with van der Waals surface area (Å²) in [5, 5.41) is 3.39. The maximum absolute atomic E-state index is 11.5. The zero-order valence-electron chi connectivity index (χ0n) is 9.17. The average molecular weight is 340 g/mol. The molecule has 94 valence electrons. The molecular weight excluding hydrogens is 328 g/mol. The number of nitrogen functional groups attached to an aromatic ring is 1. The zero-order chi connectivity index (χ0) is 12.6. The topological polar surface area (TPSA) is 80.9 Å². The lowest BCUT2D eigenvalue weighted by atomic mass is 10.4. The molecule has 0 saturated heterocycles. The molecule has 3 N–H and O–H groups in total. The van der Waals surface area contributed by atoms with Crippen LogP contribution < -0.4 is 11.1 Å². The number of hydrogen-bond donors (Lipinski definition) is 2. The first-order valence-electron chi connectivity index (χ1n) is 5.00. The van der Waals surface area contributed by atoms with Gasteiger partial charge in [-0.15, -0.1) is 0 Å². The van der Waals surface area contributed by atoms with E-state index < -0.39 is 10.8 Å². The minimum atomic E-state index is -0.841. The van der Waals surface area contributed by atoms with Gasteiger partial charge in [-0.3, -0.25) is 4.21 Å². The molecule has 0 spiro atoms. The predicted octanol–water partition coefficient (Wildman–Crippen LogP) is 1.80. The molecule has 0 aliphatic heterocycles.